The average molecular weight is 145 g/mol. The van der Waals surface area contributed by atoms with Crippen LogP contribution in [-0.2, 0) is 9.68 Å². The molecule has 0 saturated carbocycles. The molecule has 10 heavy (non-hydrogen) atoms. The molecular formula is C6H11NO3. The van der Waals surface area contributed by atoms with Gasteiger partial charge in [-0.25, -0.2) is 4.79 Å². The first kappa shape index (κ1) is 7.50. The maximum Gasteiger partial charge on any atom is 0.358 e. The van der Waals surface area contributed by atoms with Crippen molar-refractivity contribution in [1.82, 2.24) is 4.90 Å². The van der Waals surface area contributed by atoms with Gasteiger partial charge in [-0.05, 0) is 26.4 Å². The molecule has 0 bridgehead atoms. The van der Waals surface area contributed by atoms with E-state index in [1.54, 1.807) is 0 Å². The number of carbonyl (C=O) groups excluding carboxylic acids is 1. The predicted molar refractivity (Wildman–Crippen MR) is 34.4 cm³/mol. The maximum atomic E-state index is 10.7. The van der Waals surface area contributed by atoms with Gasteiger partial charge < -0.3 is 0 Å². The smallest absolute Gasteiger partial charge is 0.299 e. The van der Waals surface area contributed by atoms with E-state index < -0.39 is 5.97 Å². The molecule has 0 amide bonds. The summed E-state index contributed by atoms with van der Waals surface area (Å²) in [6, 6.07) is -0.231. The van der Waals surface area contributed by atoms with Crippen molar-refractivity contribution in [1.29, 1.82) is 0 Å². The van der Waals surface area contributed by atoms with E-state index in [4.69, 9.17) is 5.26 Å². The van der Waals surface area contributed by atoms with Crippen molar-refractivity contribution in [2.24, 2.45) is 0 Å². The zero-order chi connectivity index (χ0) is 7.56. The Kier molecular flexibility index (Phi) is 2.24. The molecule has 1 fully saturated rings. The molecule has 1 aliphatic heterocycles. The summed E-state index contributed by atoms with van der Waals surface area (Å²) in [5, 5.41) is 8.04. The van der Waals surface area contributed by atoms with Gasteiger partial charge >= 0.3 is 5.97 Å². The van der Waals surface area contributed by atoms with Gasteiger partial charge in [-0.15, -0.1) is 0 Å². The zero-order valence-corrected chi connectivity index (χ0v) is 5.91. The second-order valence-electron chi connectivity index (χ2n) is 2.55. The van der Waals surface area contributed by atoms with E-state index in [-0.39, 0.29) is 6.04 Å². The fourth-order valence-corrected chi connectivity index (χ4v) is 1.27. The van der Waals surface area contributed by atoms with Gasteiger partial charge in [0.1, 0.15) is 6.04 Å². The summed E-state index contributed by atoms with van der Waals surface area (Å²) in [4.78, 5) is 16.2. The van der Waals surface area contributed by atoms with Crippen molar-refractivity contribution < 1.29 is 14.9 Å². The molecule has 0 aromatic carbocycles. The SMILES string of the molecule is CN1CCC[C@H]1C(=O)OO. The number of nitrogens with zero attached hydrogens (tertiary/aromatic N) is 1. The molecule has 1 rings (SSSR count). The highest BCUT2D eigenvalue weighted by Gasteiger charge is 2.29. The molecule has 0 radical (unpaired) electrons. The minimum atomic E-state index is -0.542. The van der Waals surface area contributed by atoms with Crippen LogP contribution in [0, 0.1) is 0 Å². The summed E-state index contributed by atoms with van der Waals surface area (Å²) in [5.41, 5.74) is 0. The van der Waals surface area contributed by atoms with Gasteiger partial charge in [-0.1, -0.05) is 0 Å². The van der Waals surface area contributed by atoms with Crippen molar-refractivity contribution in [3.05, 3.63) is 0 Å². The van der Waals surface area contributed by atoms with Crippen LogP contribution in [0.2, 0.25) is 0 Å². The Morgan fingerprint density at radius 3 is 2.90 bits per heavy atom. The largest absolute Gasteiger partial charge is 0.358 e. The summed E-state index contributed by atoms with van der Waals surface area (Å²) in [7, 11) is 1.84. The normalized spacial score (nSPS) is 26.8. The number of hydrogen-bond donors (Lipinski definition) is 1. The third-order valence-corrected chi connectivity index (χ3v) is 1.88. The molecule has 0 spiro atoms. The first-order valence-corrected chi connectivity index (χ1v) is 3.31. The van der Waals surface area contributed by atoms with Crippen molar-refractivity contribution in [3.63, 3.8) is 0 Å². The van der Waals surface area contributed by atoms with Crippen LogP contribution in [0.1, 0.15) is 12.8 Å². The molecule has 1 aliphatic rings. The summed E-state index contributed by atoms with van der Waals surface area (Å²) in [6.07, 6.45) is 1.78. The quantitative estimate of drug-likeness (QED) is 0.420. The van der Waals surface area contributed by atoms with E-state index in [1.165, 1.54) is 0 Å². The number of likely N-dealkylation sites (tertiary alicyclic amines) is 1. The second kappa shape index (κ2) is 2.98. The summed E-state index contributed by atoms with van der Waals surface area (Å²) < 4.78 is 0. The van der Waals surface area contributed by atoms with Crippen molar-refractivity contribution in [2.75, 3.05) is 13.6 Å². The summed E-state index contributed by atoms with van der Waals surface area (Å²) >= 11 is 0. The van der Waals surface area contributed by atoms with Crippen LogP contribution < -0.4 is 0 Å². The monoisotopic (exact) mass is 145 g/mol. The Morgan fingerprint density at radius 2 is 2.50 bits per heavy atom. The van der Waals surface area contributed by atoms with Gasteiger partial charge in [0, 0.05) is 0 Å². The first-order valence-electron chi connectivity index (χ1n) is 3.31. The van der Waals surface area contributed by atoms with Crippen molar-refractivity contribution in [2.45, 2.75) is 18.9 Å². The topological polar surface area (TPSA) is 49.8 Å². The van der Waals surface area contributed by atoms with Crippen molar-refractivity contribution >= 4 is 5.97 Å². The lowest BCUT2D eigenvalue weighted by Crippen LogP contribution is -2.33. The van der Waals surface area contributed by atoms with Gasteiger partial charge in [0.25, 0.3) is 0 Å². The minimum absolute atomic E-state index is 0.231. The minimum Gasteiger partial charge on any atom is -0.299 e. The molecule has 0 aromatic rings. The zero-order valence-electron chi connectivity index (χ0n) is 5.91. The highest BCUT2D eigenvalue weighted by molar-refractivity contribution is 5.75. The molecule has 1 atom stereocenters. The standard InChI is InChI=1S/C6H11NO3/c1-7-4-2-3-5(7)6(8)10-9/h5,9H,2-4H2,1H3/t5-/m0/s1. The molecule has 0 aliphatic carbocycles. The molecule has 4 heteroatoms. The fraction of sp³-hybridized carbons (Fsp3) is 0.833. The Hall–Kier alpha value is -0.610. The predicted octanol–water partition coefficient (Wildman–Crippen LogP) is 0.0968. The highest BCUT2D eigenvalue weighted by atomic mass is 17.1. The second-order valence-corrected chi connectivity index (χ2v) is 2.55. The van der Waals surface area contributed by atoms with Crippen LogP contribution in [0.15, 0.2) is 0 Å². The molecule has 1 heterocycles. The van der Waals surface area contributed by atoms with Crippen LogP contribution in [0.4, 0.5) is 0 Å². The molecule has 0 aromatic heterocycles. The maximum absolute atomic E-state index is 10.7. The molecule has 58 valence electrons. The summed E-state index contributed by atoms with van der Waals surface area (Å²) in [5.74, 6) is -0.542. The van der Waals surface area contributed by atoms with Gasteiger partial charge in [0.05, 0.1) is 0 Å². The van der Waals surface area contributed by atoms with Crippen LogP contribution in [0.5, 0.6) is 0 Å². The number of likely N-dealkylation sites (N-methyl/N-ethyl adjacent to an activating group) is 1. The van der Waals surface area contributed by atoms with Gasteiger partial charge in [-0.3, -0.25) is 9.79 Å². The van der Waals surface area contributed by atoms with Crippen LogP contribution >= 0.6 is 0 Å². The van der Waals surface area contributed by atoms with Gasteiger partial charge in [0.2, 0.25) is 0 Å². The van der Waals surface area contributed by atoms with E-state index in [9.17, 15) is 4.79 Å². The van der Waals surface area contributed by atoms with Crippen LogP contribution in [0.3, 0.4) is 0 Å². The number of carbonyl (C=O) groups is 1. The van der Waals surface area contributed by atoms with E-state index >= 15 is 0 Å². The molecule has 1 N–H and O–H groups in total. The lowest BCUT2D eigenvalue weighted by Gasteiger charge is -2.14. The number of hydrogen-bond acceptors (Lipinski definition) is 4. The van der Waals surface area contributed by atoms with Gasteiger partial charge in [0.15, 0.2) is 0 Å². The van der Waals surface area contributed by atoms with E-state index in [0.29, 0.717) is 0 Å². The first-order chi connectivity index (χ1) is 4.75. The number of rotatable bonds is 1. The van der Waals surface area contributed by atoms with Gasteiger partial charge in [-0.2, -0.15) is 5.26 Å². The van der Waals surface area contributed by atoms with E-state index in [0.717, 1.165) is 19.4 Å². The third-order valence-electron chi connectivity index (χ3n) is 1.88. The molecule has 1 saturated heterocycles. The Labute approximate surface area is 59.3 Å². The van der Waals surface area contributed by atoms with E-state index in [1.807, 2.05) is 11.9 Å². The lowest BCUT2D eigenvalue weighted by molar-refractivity contribution is -0.238. The molecule has 4 nitrogen and oxygen atoms in total. The highest BCUT2D eigenvalue weighted by Crippen LogP contribution is 2.15. The third kappa shape index (κ3) is 1.27. The molecule has 0 unspecified atom stereocenters. The van der Waals surface area contributed by atoms with E-state index in [2.05, 4.69) is 4.89 Å². The summed E-state index contributed by atoms with van der Waals surface area (Å²) in [6.45, 7) is 0.903. The average Bonchev–Trinajstić information content (AvgIpc) is 2.34. The Morgan fingerprint density at radius 1 is 1.80 bits per heavy atom. The Balaban J connectivity index is 2.46. The Bertz CT molecular complexity index is 137. The van der Waals surface area contributed by atoms with Crippen LogP contribution in [0.25, 0.3) is 0 Å². The lowest BCUT2D eigenvalue weighted by atomic mass is 10.2. The molecular weight excluding hydrogens is 134 g/mol. The van der Waals surface area contributed by atoms with Crippen LogP contribution in [-0.4, -0.2) is 35.8 Å². The van der Waals surface area contributed by atoms with Crippen molar-refractivity contribution in [3.8, 4) is 0 Å². The fourth-order valence-electron chi connectivity index (χ4n) is 1.27.